The average Bonchev–Trinajstić information content (AvgIpc) is 2.38. The lowest BCUT2D eigenvalue weighted by atomic mass is 10.1. The van der Waals surface area contributed by atoms with E-state index in [2.05, 4.69) is 36.6 Å². The van der Waals surface area contributed by atoms with E-state index in [4.69, 9.17) is 0 Å². The summed E-state index contributed by atoms with van der Waals surface area (Å²) in [6, 6.07) is 14.0. The van der Waals surface area contributed by atoms with Crippen molar-refractivity contribution >= 4 is 41.9 Å². The van der Waals surface area contributed by atoms with Crippen LogP contribution >= 0.6 is 31.9 Å². The minimum absolute atomic E-state index is 0.235. The van der Waals surface area contributed by atoms with Crippen molar-refractivity contribution in [2.45, 2.75) is 17.9 Å². The van der Waals surface area contributed by atoms with E-state index in [1.807, 2.05) is 31.2 Å². The number of benzene rings is 2. The maximum absolute atomic E-state index is 12.4. The van der Waals surface area contributed by atoms with Crippen molar-refractivity contribution in [2.75, 3.05) is 0 Å². The van der Waals surface area contributed by atoms with E-state index in [1.165, 1.54) is 0 Å². The zero-order chi connectivity index (χ0) is 14.8. The maximum Gasteiger partial charge on any atom is 0.242 e. The smallest absolute Gasteiger partial charge is 0.207 e. The lowest BCUT2D eigenvalue weighted by Crippen LogP contribution is -2.27. The first kappa shape index (κ1) is 15.7. The normalized spacial score (nSPS) is 13.2. The highest BCUT2D eigenvalue weighted by Gasteiger charge is 2.21. The molecule has 0 aliphatic heterocycles. The molecule has 6 heteroatoms. The first-order valence-electron chi connectivity index (χ1n) is 5.93. The monoisotopic (exact) mass is 417 g/mol. The fraction of sp³-hybridized carbons (Fsp3) is 0.143. The Balaban J connectivity index is 2.30. The van der Waals surface area contributed by atoms with Crippen molar-refractivity contribution < 1.29 is 8.42 Å². The Hall–Kier alpha value is -0.690. The molecule has 2 rings (SSSR count). The third-order valence-corrected chi connectivity index (χ3v) is 6.10. The van der Waals surface area contributed by atoms with E-state index in [0.717, 1.165) is 10.0 Å². The number of rotatable bonds is 4. The quantitative estimate of drug-likeness (QED) is 0.806. The maximum atomic E-state index is 12.4. The fourth-order valence-electron chi connectivity index (χ4n) is 1.85. The van der Waals surface area contributed by atoms with Gasteiger partial charge in [-0.1, -0.05) is 46.3 Å². The third-order valence-electron chi connectivity index (χ3n) is 2.83. The predicted octanol–water partition coefficient (Wildman–Crippen LogP) is 4.25. The molecular weight excluding hydrogens is 406 g/mol. The summed E-state index contributed by atoms with van der Waals surface area (Å²) in [5.74, 6) is 0. The molecule has 0 aliphatic carbocycles. The van der Waals surface area contributed by atoms with Gasteiger partial charge < -0.3 is 0 Å². The van der Waals surface area contributed by atoms with Crippen LogP contribution in [-0.4, -0.2) is 8.42 Å². The number of hydrogen-bond donors (Lipinski definition) is 1. The third kappa shape index (κ3) is 3.49. The molecule has 3 nitrogen and oxygen atoms in total. The summed E-state index contributed by atoms with van der Waals surface area (Å²) in [4.78, 5) is 0.235. The Morgan fingerprint density at radius 3 is 2.10 bits per heavy atom. The summed E-state index contributed by atoms with van der Waals surface area (Å²) >= 11 is 6.70. The molecule has 0 aliphatic rings. The van der Waals surface area contributed by atoms with Crippen molar-refractivity contribution in [1.82, 2.24) is 4.72 Å². The minimum Gasteiger partial charge on any atom is -0.207 e. The molecule has 0 radical (unpaired) electrons. The van der Waals surface area contributed by atoms with E-state index in [1.54, 1.807) is 24.3 Å². The molecule has 0 unspecified atom stereocenters. The molecule has 0 spiro atoms. The summed E-state index contributed by atoms with van der Waals surface area (Å²) in [5.41, 5.74) is 0.892. The summed E-state index contributed by atoms with van der Waals surface area (Å²) in [6.07, 6.45) is 0. The summed E-state index contributed by atoms with van der Waals surface area (Å²) in [6.45, 7) is 1.81. The second-order valence-electron chi connectivity index (χ2n) is 4.29. The van der Waals surface area contributed by atoms with Gasteiger partial charge in [0.05, 0.1) is 4.90 Å². The average molecular weight is 419 g/mol. The summed E-state index contributed by atoms with van der Waals surface area (Å²) in [7, 11) is -3.57. The lowest BCUT2D eigenvalue weighted by molar-refractivity contribution is 0.566. The van der Waals surface area contributed by atoms with Crippen LogP contribution < -0.4 is 4.72 Å². The topological polar surface area (TPSA) is 46.2 Å². The van der Waals surface area contributed by atoms with E-state index in [0.29, 0.717) is 4.47 Å². The molecule has 0 bridgehead atoms. The molecule has 0 fully saturated rings. The highest BCUT2D eigenvalue weighted by atomic mass is 79.9. The molecule has 1 N–H and O–H groups in total. The largest absolute Gasteiger partial charge is 0.242 e. The van der Waals surface area contributed by atoms with E-state index < -0.39 is 10.0 Å². The van der Waals surface area contributed by atoms with Crippen LogP contribution in [0.4, 0.5) is 0 Å². The highest BCUT2D eigenvalue weighted by molar-refractivity contribution is 9.10. The molecule has 2 aromatic carbocycles. The number of halogens is 2. The molecule has 0 heterocycles. The Labute approximate surface area is 135 Å². The van der Waals surface area contributed by atoms with Crippen molar-refractivity contribution in [1.29, 1.82) is 0 Å². The molecule has 0 saturated carbocycles. The van der Waals surface area contributed by atoms with Gasteiger partial charge in [-0.3, -0.25) is 0 Å². The first-order valence-corrected chi connectivity index (χ1v) is 9.00. The van der Waals surface area contributed by atoms with Gasteiger partial charge in [0.25, 0.3) is 0 Å². The van der Waals surface area contributed by atoms with Crippen LogP contribution in [-0.2, 0) is 10.0 Å². The number of hydrogen-bond acceptors (Lipinski definition) is 2. The zero-order valence-corrected chi connectivity index (χ0v) is 14.7. The van der Waals surface area contributed by atoms with Gasteiger partial charge in [0, 0.05) is 15.0 Å². The zero-order valence-electron chi connectivity index (χ0n) is 10.7. The first-order chi connectivity index (χ1) is 9.42. The van der Waals surface area contributed by atoms with Gasteiger partial charge >= 0.3 is 0 Å². The van der Waals surface area contributed by atoms with Crippen molar-refractivity contribution in [3.63, 3.8) is 0 Å². The lowest BCUT2D eigenvalue weighted by Gasteiger charge is -2.16. The number of nitrogens with one attached hydrogen (secondary N) is 1. The van der Waals surface area contributed by atoms with Crippen LogP contribution in [0.5, 0.6) is 0 Å². The summed E-state index contributed by atoms with van der Waals surface area (Å²) < 4.78 is 28.9. The van der Waals surface area contributed by atoms with Crippen LogP contribution in [0.1, 0.15) is 18.5 Å². The molecule has 0 saturated heterocycles. The molecule has 0 amide bonds. The molecule has 20 heavy (non-hydrogen) atoms. The standard InChI is InChI=1S/C14H13Br2NO2S/c1-10(11-6-2-3-7-12(11)15)17-20(18,19)14-9-5-4-8-13(14)16/h2-10,17H,1H3/t10-/m1/s1. The Morgan fingerprint density at radius 2 is 1.50 bits per heavy atom. The molecule has 2 aromatic rings. The Bertz CT molecular complexity index is 717. The van der Waals surface area contributed by atoms with Crippen LogP contribution in [0.25, 0.3) is 0 Å². The van der Waals surface area contributed by atoms with Crippen molar-refractivity contribution in [3.8, 4) is 0 Å². The van der Waals surface area contributed by atoms with E-state index in [-0.39, 0.29) is 10.9 Å². The highest BCUT2D eigenvalue weighted by Crippen LogP contribution is 2.26. The summed E-state index contributed by atoms with van der Waals surface area (Å²) in [5, 5.41) is 0. The predicted molar refractivity (Wildman–Crippen MR) is 87.0 cm³/mol. The van der Waals surface area contributed by atoms with Crippen molar-refractivity contribution in [2.24, 2.45) is 0 Å². The second-order valence-corrected chi connectivity index (χ2v) is 7.69. The van der Waals surface area contributed by atoms with Gasteiger partial charge in [-0.2, -0.15) is 0 Å². The Morgan fingerprint density at radius 1 is 0.950 bits per heavy atom. The minimum atomic E-state index is -3.57. The Kier molecular flexibility index (Phi) is 5.01. The molecular formula is C14H13Br2NO2S. The van der Waals surface area contributed by atoms with Crippen LogP contribution in [0.15, 0.2) is 62.4 Å². The van der Waals surface area contributed by atoms with E-state index in [9.17, 15) is 8.42 Å². The van der Waals surface area contributed by atoms with Gasteiger partial charge in [-0.05, 0) is 46.6 Å². The van der Waals surface area contributed by atoms with Crippen molar-refractivity contribution in [3.05, 3.63) is 63.0 Å². The molecule has 0 aromatic heterocycles. The second kappa shape index (κ2) is 6.39. The van der Waals surface area contributed by atoms with Gasteiger partial charge in [-0.15, -0.1) is 0 Å². The fourth-order valence-corrected chi connectivity index (χ4v) is 4.70. The van der Waals surface area contributed by atoms with Gasteiger partial charge in [0.15, 0.2) is 0 Å². The van der Waals surface area contributed by atoms with Gasteiger partial charge in [-0.25, -0.2) is 13.1 Å². The van der Waals surface area contributed by atoms with Crippen LogP contribution in [0, 0.1) is 0 Å². The van der Waals surface area contributed by atoms with Gasteiger partial charge in [0.2, 0.25) is 10.0 Å². The SMILES string of the molecule is C[C@@H](NS(=O)(=O)c1ccccc1Br)c1ccccc1Br. The van der Waals surface area contributed by atoms with E-state index >= 15 is 0 Å². The molecule has 1 atom stereocenters. The molecule has 106 valence electrons. The van der Waals surface area contributed by atoms with Gasteiger partial charge in [0.1, 0.15) is 0 Å². The number of sulfonamides is 1. The van der Waals surface area contributed by atoms with Crippen LogP contribution in [0.3, 0.4) is 0 Å². The van der Waals surface area contributed by atoms with Crippen LogP contribution in [0.2, 0.25) is 0 Å².